The van der Waals surface area contributed by atoms with E-state index in [4.69, 9.17) is 20.3 Å². The Hall–Kier alpha value is -4.21. The minimum atomic E-state index is -0.435. The molecule has 242 valence electrons. The molecule has 2 aromatic heterocycles. The topological polar surface area (TPSA) is 103 Å². The first kappa shape index (κ1) is 31.8. The Bertz CT molecular complexity index is 1740. The summed E-state index contributed by atoms with van der Waals surface area (Å²) in [7, 11) is 1.87. The molecular formula is C37H45N5O4. The van der Waals surface area contributed by atoms with Gasteiger partial charge in [0.1, 0.15) is 0 Å². The molecule has 0 aliphatic carbocycles. The number of fused-ring (bicyclic) bond motifs is 3. The largest absolute Gasteiger partial charge is 0.456 e. The van der Waals surface area contributed by atoms with Gasteiger partial charge in [-0.15, -0.1) is 0 Å². The van der Waals surface area contributed by atoms with E-state index >= 15 is 0 Å². The van der Waals surface area contributed by atoms with Crippen LogP contribution in [0.3, 0.4) is 0 Å². The molecule has 2 saturated heterocycles. The Balaban J connectivity index is 1.45. The van der Waals surface area contributed by atoms with Crippen LogP contribution in [0.2, 0.25) is 0 Å². The van der Waals surface area contributed by atoms with Gasteiger partial charge < -0.3 is 23.9 Å². The average molecular weight is 624 g/mol. The highest BCUT2D eigenvalue weighted by Crippen LogP contribution is 2.42. The Morgan fingerprint density at radius 2 is 1.72 bits per heavy atom. The van der Waals surface area contributed by atoms with Crippen LogP contribution in [0.5, 0.6) is 0 Å². The number of nitrogens with two attached hydrogens (primary N) is 1. The van der Waals surface area contributed by atoms with E-state index in [-0.39, 0.29) is 18.6 Å². The van der Waals surface area contributed by atoms with Crippen molar-refractivity contribution in [1.29, 1.82) is 0 Å². The number of nitrogens with zero attached hydrogens (tertiary/aromatic N) is 4. The van der Waals surface area contributed by atoms with Crippen LogP contribution in [0, 0.1) is 5.92 Å². The van der Waals surface area contributed by atoms with E-state index in [1.165, 1.54) is 18.1 Å². The Labute approximate surface area is 270 Å². The van der Waals surface area contributed by atoms with Gasteiger partial charge in [-0.05, 0) is 80.7 Å². The van der Waals surface area contributed by atoms with Crippen molar-refractivity contribution in [3.05, 3.63) is 83.1 Å². The van der Waals surface area contributed by atoms with E-state index in [0.717, 1.165) is 77.7 Å². The fraction of sp³-hybridized carbons (Fsp3) is 0.432. The zero-order valence-electron chi connectivity index (χ0n) is 27.4. The van der Waals surface area contributed by atoms with E-state index in [0.29, 0.717) is 24.9 Å². The second-order valence-corrected chi connectivity index (χ2v) is 12.9. The summed E-state index contributed by atoms with van der Waals surface area (Å²) in [6.07, 6.45) is 5.64. The van der Waals surface area contributed by atoms with Gasteiger partial charge in [-0.3, -0.25) is 14.6 Å². The number of likely N-dealkylation sites (tertiary alicyclic amines) is 1. The summed E-state index contributed by atoms with van der Waals surface area (Å²) in [4.78, 5) is 30.7. The van der Waals surface area contributed by atoms with Crippen LogP contribution in [0.1, 0.15) is 75.1 Å². The normalized spacial score (nSPS) is 16.8. The highest BCUT2D eigenvalue weighted by atomic mass is 16.5. The Kier molecular flexibility index (Phi) is 9.42. The van der Waals surface area contributed by atoms with Crippen molar-refractivity contribution in [3.8, 4) is 0 Å². The number of esters is 1. The summed E-state index contributed by atoms with van der Waals surface area (Å²) in [5.41, 5.74) is 8.86. The number of hydrogen-bond donors (Lipinski definition) is 1. The Morgan fingerprint density at radius 3 is 2.37 bits per heavy atom. The molecule has 2 fully saturated rings. The number of piperidine rings is 1. The number of hydrazine groups is 1. The van der Waals surface area contributed by atoms with Gasteiger partial charge >= 0.3 is 5.97 Å². The summed E-state index contributed by atoms with van der Waals surface area (Å²) in [5.74, 6) is 6.50. The molecule has 9 nitrogen and oxygen atoms in total. The molecule has 6 rings (SSSR count). The van der Waals surface area contributed by atoms with Crippen molar-refractivity contribution in [2.24, 2.45) is 11.8 Å². The number of ether oxygens (including phenoxy) is 2. The van der Waals surface area contributed by atoms with Gasteiger partial charge in [0.25, 0.3) is 5.91 Å². The maximum atomic E-state index is 12.6. The fourth-order valence-corrected chi connectivity index (χ4v) is 7.49. The van der Waals surface area contributed by atoms with Crippen molar-refractivity contribution in [1.82, 2.24) is 19.5 Å². The van der Waals surface area contributed by atoms with E-state index < -0.39 is 5.97 Å². The first-order chi connectivity index (χ1) is 22.2. The summed E-state index contributed by atoms with van der Waals surface area (Å²) in [6, 6.07) is 20.1. The molecule has 1 atom stereocenters. The van der Waals surface area contributed by atoms with Crippen molar-refractivity contribution in [3.63, 3.8) is 0 Å². The van der Waals surface area contributed by atoms with Crippen molar-refractivity contribution in [2.75, 3.05) is 40.0 Å². The third kappa shape index (κ3) is 6.39. The zero-order chi connectivity index (χ0) is 32.4. The standard InChI is InChI=1S/C37H45N5O4/c1-24(2)36(40(4)38)30-21-33-35(39-22-30)31-20-29(26-12-16-41(17-13-26)34(44)23-46-25(3)43)10-11-32(31)42(33)37(27-8-6-5-7-9-27)28-14-18-45-19-15-28/h5-11,20-22,26,28,37H,12-19,23,38H2,1-4H3/t37-/m1/s1. The fourth-order valence-electron chi connectivity index (χ4n) is 7.49. The van der Waals surface area contributed by atoms with Crippen LogP contribution in [-0.2, 0) is 19.1 Å². The number of amides is 1. The number of carbonyl (C=O) groups excluding carboxylic acids is 2. The van der Waals surface area contributed by atoms with Crippen LogP contribution >= 0.6 is 0 Å². The lowest BCUT2D eigenvalue weighted by molar-refractivity contribution is -0.150. The van der Waals surface area contributed by atoms with E-state index in [1.807, 2.05) is 13.2 Å². The van der Waals surface area contributed by atoms with Gasteiger partial charge in [0.2, 0.25) is 0 Å². The number of rotatable bonds is 8. The molecular weight excluding hydrogens is 578 g/mol. The molecule has 2 N–H and O–H groups in total. The maximum Gasteiger partial charge on any atom is 0.303 e. The van der Waals surface area contributed by atoms with E-state index in [1.54, 1.807) is 9.91 Å². The van der Waals surface area contributed by atoms with Crippen LogP contribution in [0.25, 0.3) is 27.6 Å². The molecule has 4 aromatic rings. The lowest BCUT2D eigenvalue weighted by Crippen LogP contribution is -2.40. The molecule has 46 heavy (non-hydrogen) atoms. The first-order valence-corrected chi connectivity index (χ1v) is 16.4. The van der Waals surface area contributed by atoms with E-state index in [2.05, 4.69) is 73.0 Å². The number of carbonyl (C=O) groups is 2. The highest BCUT2D eigenvalue weighted by molar-refractivity contribution is 6.07. The van der Waals surface area contributed by atoms with E-state index in [9.17, 15) is 9.59 Å². The third-order valence-corrected chi connectivity index (χ3v) is 9.61. The van der Waals surface area contributed by atoms with Crippen molar-refractivity contribution in [2.45, 2.75) is 58.4 Å². The molecule has 9 heteroatoms. The van der Waals surface area contributed by atoms with Gasteiger partial charge in [-0.25, -0.2) is 5.84 Å². The molecule has 0 spiro atoms. The lowest BCUT2D eigenvalue weighted by atomic mass is 9.86. The van der Waals surface area contributed by atoms with Crippen molar-refractivity contribution < 1.29 is 19.1 Å². The molecule has 0 unspecified atom stereocenters. The van der Waals surface area contributed by atoms with Crippen LogP contribution in [0.15, 0.2) is 66.4 Å². The van der Waals surface area contributed by atoms with Gasteiger partial charge in [0, 0.05) is 57.4 Å². The minimum absolute atomic E-state index is 0.116. The molecule has 2 aliphatic rings. The number of aromatic nitrogens is 2. The minimum Gasteiger partial charge on any atom is -0.456 e. The number of benzene rings is 2. The van der Waals surface area contributed by atoms with Gasteiger partial charge in [0.05, 0.1) is 28.3 Å². The number of hydrogen-bond acceptors (Lipinski definition) is 7. The molecule has 0 radical (unpaired) electrons. The number of pyridine rings is 1. The lowest BCUT2D eigenvalue weighted by Gasteiger charge is -2.33. The molecule has 0 bridgehead atoms. The third-order valence-electron chi connectivity index (χ3n) is 9.61. The van der Waals surface area contributed by atoms with Crippen LogP contribution in [0.4, 0.5) is 0 Å². The summed E-state index contributed by atoms with van der Waals surface area (Å²) in [6.45, 7) is 8.10. The summed E-state index contributed by atoms with van der Waals surface area (Å²) in [5, 5.41) is 2.82. The summed E-state index contributed by atoms with van der Waals surface area (Å²) < 4.78 is 13.3. The second kappa shape index (κ2) is 13.6. The first-order valence-electron chi connectivity index (χ1n) is 16.4. The average Bonchev–Trinajstić information content (AvgIpc) is 3.37. The summed E-state index contributed by atoms with van der Waals surface area (Å²) >= 11 is 0. The van der Waals surface area contributed by atoms with Gasteiger partial charge in [-0.1, -0.05) is 42.0 Å². The highest BCUT2D eigenvalue weighted by Gasteiger charge is 2.31. The maximum absolute atomic E-state index is 12.6. The molecule has 2 aliphatic heterocycles. The van der Waals surface area contributed by atoms with Crippen LogP contribution < -0.4 is 5.84 Å². The molecule has 0 saturated carbocycles. The smallest absolute Gasteiger partial charge is 0.303 e. The Morgan fingerprint density at radius 1 is 1.00 bits per heavy atom. The zero-order valence-corrected chi connectivity index (χ0v) is 27.4. The monoisotopic (exact) mass is 623 g/mol. The predicted octanol–water partition coefficient (Wildman–Crippen LogP) is 6.03. The van der Waals surface area contributed by atoms with Gasteiger partial charge in [-0.2, -0.15) is 0 Å². The van der Waals surface area contributed by atoms with Crippen LogP contribution in [-0.4, -0.2) is 71.3 Å². The van der Waals surface area contributed by atoms with Crippen molar-refractivity contribution >= 4 is 39.5 Å². The molecule has 4 heterocycles. The predicted molar refractivity (Wildman–Crippen MR) is 181 cm³/mol. The van der Waals surface area contributed by atoms with Gasteiger partial charge in [0.15, 0.2) is 6.61 Å². The number of allylic oxidation sites excluding steroid dienone is 1. The quantitative estimate of drug-likeness (QED) is 0.145. The molecule has 1 amide bonds. The second-order valence-electron chi connectivity index (χ2n) is 12.9. The SMILES string of the molecule is CC(=O)OCC(=O)N1CCC(c2ccc3c(c2)c2ncc(C(=C(C)C)N(C)N)cc2n3[C@H](c2ccccc2)C2CCOCC2)CC1. The molecule has 2 aromatic carbocycles.